The zero-order chi connectivity index (χ0) is 26.7. The fourth-order valence-electron chi connectivity index (χ4n) is 5.19. The lowest BCUT2D eigenvalue weighted by Crippen LogP contribution is -2.54. The first-order chi connectivity index (χ1) is 19.0. The highest BCUT2D eigenvalue weighted by atomic mass is 16.6. The Bertz CT molecular complexity index is 1730. The first-order valence-electron chi connectivity index (χ1n) is 12.5. The van der Waals surface area contributed by atoms with Gasteiger partial charge in [0.15, 0.2) is 11.5 Å². The van der Waals surface area contributed by atoms with Crippen molar-refractivity contribution in [3.63, 3.8) is 0 Å². The lowest BCUT2D eigenvalue weighted by Gasteiger charge is -2.27. The Morgan fingerprint density at radius 3 is 2.56 bits per heavy atom. The third-order valence-corrected chi connectivity index (χ3v) is 7.05. The summed E-state index contributed by atoms with van der Waals surface area (Å²) in [5.74, 6) is -0.227. The third-order valence-electron chi connectivity index (χ3n) is 7.05. The second-order valence-electron chi connectivity index (χ2n) is 9.43. The zero-order valence-corrected chi connectivity index (χ0v) is 20.5. The molecule has 0 spiro atoms. The number of carbonyl (C=O) groups is 4. The van der Waals surface area contributed by atoms with Crippen LogP contribution in [0.25, 0.3) is 16.9 Å². The zero-order valence-electron chi connectivity index (χ0n) is 20.5. The van der Waals surface area contributed by atoms with E-state index in [9.17, 15) is 19.2 Å². The number of hydrogen-bond donors (Lipinski definition) is 2. The maximum atomic E-state index is 13.4. The molecule has 1 unspecified atom stereocenters. The van der Waals surface area contributed by atoms with Crippen LogP contribution in [0.4, 0.5) is 11.5 Å². The van der Waals surface area contributed by atoms with Gasteiger partial charge in [-0.2, -0.15) is 0 Å². The van der Waals surface area contributed by atoms with Crippen LogP contribution in [-0.2, 0) is 9.59 Å². The van der Waals surface area contributed by atoms with Crippen LogP contribution >= 0.6 is 0 Å². The van der Waals surface area contributed by atoms with Gasteiger partial charge in [-0.05, 0) is 42.8 Å². The molecule has 3 aliphatic rings. The number of fused-ring (bicyclic) bond motifs is 3. The van der Waals surface area contributed by atoms with Gasteiger partial charge in [-0.3, -0.25) is 33.8 Å². The largest absolute Gasteiger partial charge is 0.486 e. The molecule has 0 saturated carbocycles. The van der Waals surface area contributed by atoms with Crippen LogP contribution in [0.5, 0.6) is 11.5 Å². The minimum absolute atomic E-state index is 0.0607. The Morgan fingerprint density at radius 1 is 0.897 bits per heavy atom. The molecule has 2 aromatic heterocycles. The number of aromatic nitrogens is 2. The fraction of sp³-hybridized carbons (Fsp3) is 0.179. The molecule has 2 N–H and O–H groups in total. The van der Waals surface area contributed by atoms with Crippen LogP contribution in [0.1, 0.15) is 33.6 Å². The van der Waals surface area contributed by atoms with Crippen LogP contribution in [-0.4, -0.2) is 57.2 Å². The summed E-state index contributed by atoms with van der Waals surface area (Å²) >= 11 is 0. The summed E-state index contributed by atoms with van der Waals surface area (Å²) in [5.41, 5.74) is 3.01. The molecule has 194 valence electrons. The normalized spacial score (nSPS) is 18.4. The van der Waals surface area contributed by atoms with Gasteiger partial charge in [0.05, 0.1) is 11.1 Å². The Hall–Kier alpha value is -5.19. The number of piperidine rings is 1. The topological polar surface area (TPSA) is 131 Å². The van der Waals surface area contributed by atoms with Crippen LogP contribution in [0.2, 0.25) is 0 Å². The van der Waals surface area contributed by atoms with Crippen LogP contribution in [0.15, 0.2) is 60.8 Å². The summed E-state index contributed by atoms with van der Waals surface area (Å²) in [6.07, 6.45) is 2.03. The third kappa shape index (κ3) is 3.69. The highest BCUT2D eigenvalue weighted by Gasteiger charge is 2.44. The van der Waals surface area contributed by atoms with E-state index in [-0.39, 0.29) is 24.0 Å². The molecule has 0 bridgehead atoms. The van der Waals surface area contributed by atoms with Crippen LogP contribution < -0.4 is 20.1 Å². The molecule has 11 nitrogen and oxygen atoms in total. The Labute approximate surface area is 221 Å². The molecule has 1 atom stereocenters. The number of imidazole rings is 1. The number of ether oxygens (including phenoxy) is 2. The molecule has 4 aromatic rings. The van der Waals surface area contributed by atoms with Crippen molar-refractivity contribution in [2.24, 2.45) is 0 Å². The summed E-state index contributed by atoms with van der Waals surface area (Å²) in [4.78, 5) is 56.2. The number of amides is 4. The number of anilines is 2. The molecule has 11 heteroatoms. The molecule has 39 heavy (non-hydrogen) atoms. The van der Waals surface area contributed by atoms with Crippen molar-refractivity contribution in [2.75, 3.05) is 18.5 Å². The average molecular weight is 524 g/mol. The second kappa shape index (κ2) is 8.69. The Morgan fingerprint density at radius 2 is 1.72 bits per heavy atom. The van der Waals surface area contributed by atoms with E-state index in [0.717, 1.165) is 10.6 Å². The highest BCUT2D eigenvalue weighted by Crippen LogP contribution is 2.38. The van der Waals surface area contributed by atoms with Gasteiger partial charge in [-0.1, -0.05) is 12.1 Å². The molecule has 3 aliphatic heterocycles. The van der Waals surface area contributed by atoms with Crippen LogP contribution in [0.3, 0.4) is 0 Å². The molecule has 5 heterocycles. The number of rotatable bonds is 4. The van der Waals surface area contributed by atoms with E-state index < -0.39 is 29.7 Å². The molecule has 4 amide bonds. The van der Waals surface area contributed by atoms with E-state index in [1.165, 1.54) is 0 Å². The van der Waals surface area contributed by atoms with Gasteiger partial charge in [0.25, 0.3) is 11.8 Å². The number of nitrogens with zero attached hydrogens (tertiary/aromatic N) is 3. The fourth-order valence-corrected chi connectivity index (χ4v) is 5.19. The minimum Gasteiger partial charge on any atom is -0.486 e. The SMILES string of the molecule is O=C1CCC(N2C(=O)c3ccc(-c4nc5ccccn5c4Nc4ccc5c(c4)OCCO5)cc3C2=O)C(=O)N1. The van der Waals surface area contributed by atoms with Gasteiger partial charge in [0.2, 0.25) is 11.8 Å². The van der Waals surface area contributed by atoms with Crippen molar-refractivity contribution in [2.45, 2.75) is 18.9 Å². The van der Waals surface area contributed by atoms with Gasteiger partial charge in [-0.25, -0.2) is 4.98 Å². The van der Waals surface area contributed by atoms with E-state index in [1.807, 2.05) is 47.0 Å². The summed E-state index contributed by atoms with van der Waals surface area (Å²) in [7, 11) is 0. The monoisotopic (exact) mass is 523 g/mol. The lowest BCUT2D eigenvalue weighted by molar-refractivity contribution is -0.136. The smallest absolute Gasteiger partial charge is 0.262 e. The van der Waals surface area contributed by atoms with Gasteiger partial charge in [0.1, 0.15) is 36.4 Å². The van der Waals surface area contributed by atoms with E-state index in [0.29, 0.717) is 47.4 Å². The van der Waals surface area contributed by atoms with E-state index in [1.54, 1.807) is 18.2 Å². The lowest BCUT2D eigenvalue weighted by atomic mass is 10.0. The van der Waals surface area contributed by atoms with Crippen molar-refractivity contribution in [3.8, 4) is 22.8 Å². The van der Waals surface area contributed by atoms with Crippen LogP contribution in [0, 0.1) is 0 Å². The summed E-state index contributed by atoms with van der Waals surface area (Å²) in [5, 5.41) is 5.63. The number of pyridine rings is 1. The molecule has 2 aromatic carbocycles. The van der Waals surface area contributed by atoms with Crippen molar-refractivity contribution in [1.29, 1.82) is 0 Å². The molecule has 1 saturated heterocycles. The Balaban J connectivity index is 1.27. The maximum Gasteiger partial charge on any atom is 0.262 e. The van der Waals surface area contributed by atoms with Gasteiger partial charge in [0, 0.05) is 29.9 Å². The number of nitrogens with one attached hydrogen (secondary N) is 2. The first kappa shape index (κ1) is 23.0. The molecule has 1 fully saturated rings. The average Bonchev–Trinajstić information content (AvgIpc) is 3.43. The van der Waals surface area contributed by atoms with Crippen molar-refractivity contribution in [1.82, 2.24) is 19.6 Å². The first-order valence-corrected chi connectivity index (χ1v) is 12.5. The Kier molecular flexibility index (Phi) is 5.12. The standard InChI is InChI=1S/C28H21N5O6/c34-23-9-7-19(26(35)31-23)33-27(36)17-6-4-15(13-18(17)28(33)37)24-25(32-10-2-1-3-22(32)30-24)29-16-5-8-20-21(14-16)39-12-11-38-20/h1-6,8,10,13-14,19,29H,7,9,11-12H2,(H,31,34,35). The second-order valence-corrected chi connectivity index (χ2v) is 9.43. The van der Waals surface area contributed by atoms with E-state index >= 15 is 0 Å². The molecular formula is C28H21N5O6. The highest BCUT2D eigenvalue weighted by molar-refractivity contribution is 6.23. The van der Waals surface area contributed by atoms with Gasteiger partial charge < -0.3 is 14.8 Å². The van der Waals surface area contributed by atoms with Crippen molar-refractivity contribution >= 4 is 40.8 Å². The van der Waals surface area contributed by atoms with Gasteiger partial charge >= 0.3 is 0 Å². The number of benzene rings is 2. The number of imide groups is 2. The number of hydrogen-bond acceptors (Lipinski definition) is 8. The summed E-state index contributed by atoms with van der Waals surface area (Å²) in [6, 6.07) is 15.1. The molecule has 0 aliphatic carbocycles. The maximum absolute atomic E-state index is 13.4. The predicted molar refractivity (Wildman–Crippen MR) is 138 cm³/mol. The van der Waals surface area contributed by atoms with E-state index in [2.05, 4.69) is 10.6 Å². The summed E-state index contributed by atoms with van der Waals surface area (Å²) in [6.45, 7) is 0.965. The molecule has 7 rings (SSSR count). The quantitative estimate of drug-likeness (QED) is 0.391. The summed E-state index contributed by atoms with van der Waals surface area (Å²) < 4.78 is 13.2. The van der Waals surface area contributed by atoms with Crippen molar-refractivity contribution in [3.05, 3.63) is 71.9 Å². The molecular weight excluding hydrogens is 502 g/mol. The number of carbonyl (C=O) groups excluding carboxylic acids is 4. The van der Waals surface area contributed by atoms with E-state index in [4.69, 9.17) is 14.5 Å². The predicted octanol–water partition coefficient (Wildman–Crippen LogP) is 2.92. The van der Waals surface area contributed by atoms with Gasteiger partial charge in [-0.15, -0.1) is 0 Å². The minimum atomic E-state index is -1.03. The van der Waals surface area contributed by atoms with Crippen molar-refractivity contribution < 1.29 is 28.7 Å². The molecule has 0 radical (unpaired) electrons.